The standard InChI is InChI=1S/C21H36N4O3/c1-17(28-20-8-6-5-7-19(20)27-4)15-23-21(22-2)24-16-18-9-11-25(12-10-18)13-14-26-3/h5-8,17-18H,9-16H2,1-4H3,(H2,22,23,24). The number of ether oxygens (including phenoxy) is 3. The molecule has 1 unspecified atom stereocenters. The predicted molar refractivity (Wildman–Crippen MR) is 113 cm³/mol. The van der Waals surface area contributed by atoms with Crippen molar-refractivity contribution in [3.63, 3.8) is 0 Å². The molecule has 0 saturated carbocycles. The van der Waals surface area contributed by atoms with Gasteiger partial charge in [-0.3, -0.25) is 4.99 Å². The van der Waals surface area contributed by atoms with Crippen molar-refractivity contribution in [1.29, 1.82) is 0 Å². The number of nitrogens with one attached hydrogen (secondary N) is 2. The molecule has 1 aliphatic heterocycles. The second-order valence-corrected chi connectivity index (χ2v) is 7.19. The van der Waals surface area contributed by atoms with Gasteiger partial charge in [-0.1, -0.05) is 12.1 Å². The Labute approximate surface area is 169 Å². The number of nitrogens with zero attached hydrogens (tertiary/aromatic N) is 2. The van der Waals surface area contributed by atoms with Crippen LogP contribution in [0.25, 0.3) is 0 Å². The molecule has 1 heterocycles. The number of para-hydroxylation sites is 2. The SMILES string of the molecule is CN=C(NCC1CCN(CCOC)CC1)NCC(C)Oc1ccccc1OC. The second-order valence-electron chi connectivity index (χ2n) is 7.19. The van der Waals surface area contributed by atoms with Crippen molar-refractivity contribution < 1.29 is 14.2 Å². The summed E-state index contributed by atoms with van der Waals surface area (Å²) >= 11 is 0. The summed E-state index contributed by atoms with van der Waals surface area (Å²) in [7, 11) is 5.21. The fraction of sp³-hybridized carbons (Fsp3) is 0.667. The van der Waals surface area contributed by atoms with Crippen molar-refractivity contribution in [3.8, 4) is 11.5 Å². The first-order chi connectivity index (χ1) is 13.7. The summed E-state index contributed by atoms with van der Waals surface area (Å²) < 4.78 is 16.5. The first-order valence-electron chi connectivity index (χ1n) is 10.1. The minimum Gasteiger partial charge on any atom is -0.493 e. The zero-order valence-electron chi connectivity index (χ0n) is 17.7. The van der Waals surface area contributed by atoms with E-state index in [9.17, 15) is 0 Å². The molecule has 1 saturated heterocycles. The van der Waals surface area contributed by atoms with Gasteiger partial charge >= 0.3 is 0 Å². The van der Waals surface area contributed by atoms with Gasteiger partial charge in [0.1, 0.15) is 6.10 Å². The average Bonchev–Trinajstić information content (AvgIpc) is 2.73. The normalized spacial score (nSPS) is 17.2. The molecule has 7 heteroatoms. The lowest BCUT2D eigenvalue weighted by Gasteiger charge is -2.32. The highest BCUT2D eigenvalue weighted by atomic mass is 16.5. The van der Waals surface area contributed by atoms with Crippen LogP contribution in [0.2, 0.25) is 0 Å². The van der Waals surface area contributed by atoms with Crippen LogP contribution < -0.4 is 20.1 Å². The summed E-state index contributed by atoms with van der Waals surface area (Å²) in [6.07, 6.45) is 2.40. The van der Waals surface area contributed by atoms with E-state index in [-0.39, 0.29) is 6.10 Å². The van der Waals surface area contributed by atoms with Crippen molar-refractivity contribution in [3.05, 3.63) is 24.3 Å². The third-order valence-electron chi connectivity index (χ3n) is 5.05. The Kier molecular flexibility index (Phi) is 9.93. The maximum atomic E-state index is 5.98. The van der Waals surface area contributed by atoms with E-state index < -0.39 is 0 Å². The number of aliphatic imine (C=N–C) groups is 1. The molecule has 0 radical (unpaired) electrons. The average molecular weight is 393 g/mol. The Bertz CT molecular complexity index is 589. The van der Waals surface area contributed by atoms with Gasteiger partial charge in [0, 0.05) is 27.2 Å². The van der Waals surface area contributed by atoms with Crippen molar-refractivity contribution >= 4 is 5.96 Å². The minimum atomic E-state index is -0.0149. The topological polar surface area (TPSA) is 67.4 Å². The quantitative estimate of drug-likeness (QED) is 0.469. The van der Waals surface area contributed by atoms with Crippen LogP contribution in [-0.2, 0) is 4.74 Å². The largest absolute Gasteiger partial charge is 0.493 e. The summed E-state index contributed by atoms with van der Waals surface area (Å²) in [5.41, 5.74) is 0. The Morgan fingerprint density at radius 2 is 1.89 bits per heavy atom. The molecule has 0 aromatic heterocycles. The number of hydrogen-bond donors (Lipinski definition) is 2. The van der Waals surface area contributed by atoms with E-state index in [1.54, 1.807) is 21.3 Å². The molecule has 2 N–H and O–H groups in total. The lowest BCUT2D eigenvalue weighted by molar-refractivity contribution is 0.121. The Morgan fingerprint density at radius 3 is 2.54 bits per heavy atom. The smallest absolute Gasteiger partial charge is 0.191 e. The highest BCUT2D eigenvalue weighted by Gasteiger charge is 2.19. The lowest BCUT2D eigenvalue weighted by Crippen LogP contribution is -2.45. The number of methoxy groups -OCH3 is 2. The minimum absolute atomic E-state index is 0.0149. The van der Waals surface area contributed by atoms with Gasteiger partial charge in [0.2, 0.25) is 0 Å². The molecular formula is C21H36N4O3. The molecule has 1 fully saturated rings. The number of piperidine rings is 1. The molecule has 1 aromatic carbocycles. The van der Waals surface area contributed by atoms with Crippen molar-refractivity contribution in [2.24, 2.45) is 10.9 Å². The molecule has 0 aliphatic carbocycles. The van der Waals surface area contributed by atoms with Crippen LogP contribution in [0.1, 0.15) is 19.8 Å². The molecule has 28 heavy (non-hydrogen) atoms. The van der Waals surface area contributed by atoms with E-state index in [4.69, 9.17) is 14.2 Å². The van der Waals surface area contributed by atoms with Crippen LogP contribution in [0, 0.1) is 5.92 Å². The summed E-state index contributed by atoms with van der Waals surface area (Å²) in [4.78, 5) is 6.80. The lowest BCUT2D eigenvalue weighted by atomic mass is 9.97. The molecule has 1 atom stereocenters. The summed E-state index contributed by atoms with van der Waals surface area (Å²) in [6.45, 7) is 7.77. The molecule has 0 amide bonds. The van der Waals surface area contributed by atoms with Crippen molar-refractivity contribution in [2.45, 2.75) is 25.9 Å². The monoisotopic (exact) mass is 392 g/mol. The third-order valence-corrected chi connectivity index (χ3v) is 5.05. The number of likely N-dealkylation sites (tertiary alicyclic amines) is 1. The Hall–Kier alpha value is -1.99. The number of hydrogen-bond acceptors (Lipinski definition) is 5. The van der Waals surface area contributed by atoms with Crippen LogP contribution in [0.15, 0.2) is 29.3 Å². The van der Waals surface area contributed by atoms with Crippen molar-refractivity contribution in [2.75, 3.05) is 60.6 Å². The third kappa shape index (κ3) is 7.56. The van der Waals surface area contributed by atoms with E-state index in [0.717, 1.165) is 50.2 Å². The number of rotatable bonds is 10. The van der Waals surface area contributed by atoms with Gasteiger partial charge in [0.15, 0.2) is 17.5 Å². The fourth-order valence-corrected chi connectivity index (χ4v) is 3.31. The van der Waals surface area contributed by atoms with Gasteiger partial charge in [-0.25, -0.2) is 0 Å². The van der Waals surface area contributed by atoms with E-state index in [2.05, 4.69) is 20.5 Å². The van der Waals surface area contributed by atoms with Crippen LogP contribution in [-0.4, -0.2) is 77.6 Å². The van der Waals surface area contributed by atoms with Gasteiger partial charge < -0.3 is 29.7 Å². The summed E-state index contributed by atoms with van der Waals surface area (Å²) in [5, 5.41) is 6.80. The van der Waals surface area contributed by atoms with Gasteiger partial charge in [-0.15, -0.1) is 0 Å². The maximum absolute atomic E-state index is 5.98. The van der Waals surface area contributed by atoms with E-state index in [1.165, 1.54) is 12.8 Å². The molecule has 1 aliphatic rings. The van der Waals surface area contributed by atoms with Gasteiger partial charge in [0.25, 0.3) is 0 Å². The highest BCUT2D eigenvalue weighted by Crippen LogP contribution is 2.26. The first-order valence-corrected chi connectivity index (χ1v) is 10.1. The first kappa shape index (κ1) is 22.3. The Balaban J connectivity index is 1.67. The number of guanidine groups is 1. The molecule has 0 spiro atoms. The highest BCUT2D eigenvalue weighted by molar-refractivity contribution is 5.79. The van der Waals surface area contributed by atoms with Crippen LogP contribution >= 0.6 is 0 Å². The maximum Gasteiger partial charge on any atom is 0.191 e. The van der Waals surface area contributed by atoms with E-state index in [1.807, 2.05) is 31.2 Å². The van der Waals surface area contributed by atoms with Crippen molar-refractivity contribution in [1.82, 2.24) is 15.5 Å². The molecular weight excluding hydrogens is 356 g/mol. The summed E-state index contributed by atoms with van der Waals surface area (Å²) in [5.74, 6) is 2.99. The van der Waals surface area contributed by atoms with Crippen LogP contribution in [0.5, 0.6) is 11.5 Å². The summed E-state index contributed by atoms with van der Waals surface area (Å²) in [6, 6.07) is 7.69. The fourth-order valence-electron chi connectivity index (χ4n) is 3.31. The van der Waals surface area contributed by atoms with Gasteiger partial charge in [-0.2, -0.15) is 0 Å². The predicted octanol–water partition coefficient (Wildman–Crippen LogP) is 1.99. The number of benzene rings is 1. The van der Waals surface area contributed by atoms with E-state index in [0.29, 0.717) is 12.5 Å². The molecule has 7 nitrogen and oxygen atoms in total. The van der Waals surface area contributed by atoms with Crippen LogP contribution in [0.4, 0.5) is 0 Å². The molecule has 158 valence electrons. The Morgan fingerprint density at radius 1 is 1.18 bits per heavy atom. The van der Waals surface area contributed by atoms with E-state index >= 15 is 0 Å². The van der Waals surface area contributed by atoms with Gasteiger partial charge in [-0.05, 0) is 50.9 Å². The second kappa shape index (κ2) is 12.5. The van der Waals surface area contributed by atoms with Crippen LogP contribution in [0.3, 0.4) is 0 Å². The zero-order valence-corrected chi connectivity index (χ0v) is 17.7. The molecule has 0 bridgehead atoms. The molecule has 2 rings (SSSR count). The zero-order chi connectivity index (χ0) is 20.2. The van der Waals surface area contributed by atoms with Gasteiger partial charge in [0.05, 0.1) is 20.3 Å². The molecule has 1 aromatic rings.